The smallest absolute Gasteiger partial charge is 0.306 e. The summed E-state index contributed by atoms with van der Waals surface area (Å²) in [5.41, 5.74) is 0.786. The van der Waals surface area contributed by atoms with Crippen molar-refractivity contribution in [2.45, 2.75) is 19.3 Å². The molecule has 2 aliphatic heterocycles. The first-order valence-electron chi connectivity index (χ1n) is 8.03. The van der Waals surface area contributed by atoms with E-state index in [0.29, 0.717) is 32.5 Å². The second-order valence-corrected chi connectivity index (χ2v) is 7.24. The lowest BCUT2D eigenvalue weighted by Gasteiger charge is -2.31. The number of rotatable bonds is 3. The van der Waals surface area contributed by atoms with Crippen LogP contribution in [-0.2, 0) is 14.4 Å². The Bertz CT molecular complexity index is 670. The van der Waals surface area contributed by atoms with Crippen molar-refractivity contribution in [3.63, 3.8) is 0 Å². The highest BCUT2D eigenvalue weighted by atomic mass is 79.9. The largest absolute Gasteiger partial charge is 0.481 e. The van der Waals surface area contributed by atoms with Crippen LogP contribution >= 0.6 is 15.9 Å². The zero-order chi connectivity index (χ0) is 17.3. The summed E-state index contributed by atoms with van der Waals surface area (Å²) in [6, 6.07) is 7.47. The summed E-state index contributed by atoms with van der Waals surface area (Å²) < 4.78 is 0.887. The Kier molecular flexibility index (Phi) is 4.89. The number of carbonyl (C=O) groups is 3. The van der Waals surface area contributed by atoms with Crippen molar-refractivity contribution in [2.75, 3.05) is 24.5 Å². The SMILES string of the molecule is O=C(O)C1CCN(C(=O)[C@@H]2CC(=O)N(c3cccc(Br)c3)C2)CC1. The van der Waals surface area contributed by atoms with Gasteiger partial charge in [0.25, 0.3) is 0 Å². The van der Waals surface area contributed by atoms with E-state index in [0.717, 1.165) is 10.2 Å². The number of aliphatic carboxylic acids is 1. The first kappa shape index (κ1) is 17.0. The van der Waals surface area contributed by atoms with Crippen molar-refractivity contribution >= 4 is 39.4 Å². The van der Waals surface area contributed by atoms with E-state index < -0.39 is 5.97 Å². The lowest BCUT2D eigenvalue weighted by molar-refractivity contribution is -0.146. The molecule has 24 heavy (non-hydrogen) atoms. The molecule has 2 heterocycles. The van der Waals surface area contributed by atoms with Crippen LogP contribution in [0.3, 0.4) is 0 Å². The normalized spacial score (nSPS) is 22.0. The predicted molar refractivity (Wildman–Crippen MR) is 91.5 cm³/mol. The van der Waals surface area contributed by atoms with Crippen LogP contribution < -0.4 is 4.90 Å². The first-order chi connectivity index (χ1) is 11.5. The molecule has 2 aliphatic rings. The maximum absolute atomic E-state index is 12.7. The Morgan fingerprint density at radius 2 is 1.88 bits per heavy atom. The van der Waals surface area contributed by atoms with Crippen LogP contribution in [0.5, 0.6) is 0 Å². The molecule has 128 valence electrons. The minimum Gasteiger partial charge on any atom is -0.481 e. The van der Waals surface area contributed by atoms with E-state index in [9.17, 15) is 14.4 Å². The highest BCUT2D eigenvalue weighted by Gasteiger charge is 2.38. The summed E-state index contributed by atoms with van der Waals surface area (Å²) in [7, 11) is 0. The van der Waals surface area contributed by atoms with E-state index in [4.69, 9.17) is 5.11 Å². The van der Waals surface area contributed by atoms with Gasteiger partial charge in [-0.15, -0.1) is 0 Å². The van der Waals surface area contributed by atoms with Gasteiger partial charge >= 0.3 is 5.97 Å². The van der Waals surface area contributed by atoms with Crippen LogP contribution in [-0.4, -0.2) is 47.4 Å². The maximum atomic E-state index is 12.7. The summed E-state index contributed by atoms with van der Waals surface area (Å²) in [5.74, 6) is -1.59. The Hall–Kier alpha value is -1.89. The first-order valence-corrected chi connectivity index (χ1v) is 8.82. The molecule has 1 N–H and O–H groups in total. The molecule has 1 atom stereocenters. The van der Waals surface area contributed by atoms with Gasteiger partial charge in [0.15, 0.2) is 0 Å². The number of carboxylic acids is 1. The van der Waals surface area contributed by atoms with E-state index >= 15 is 0 Å². The van der Waals surface area contributed by atoms with Gasteiger partial charge in [0.2, 0.25) is 11.8 Å². The van der Waals surface area contributed by atoms with Crippen LogP contribution in [0.4, 0.5) is 5.69 Å². The molecule has 0 saturated carbocycles. The molecule has 2 fully saturated rings. The number of piperidine rings is 1. The topological polar surface area (TPSA) is 77.9 Å². The number of hydrogen-bond acceptors (Lipinski definition) is 3. The van der Waals surface area contributed by atoms with Crippen molar-refractivity contribution in [2.24, 2.45) is 11.8 Å². The number of benzene rings is 1. The van der Waals surface area contributed by atoms with Gasteiger partial charge in [-0.2, -0.15) is 0 Å². The summed E-state index contributed by atoms with van der Waals surface area (Å²) in [6.45, 7) is 1.29. The second-order valence-electron chi connectivity index (χ2n) is 6.32. The van der Waals surface area contributed by atoms with Crippen molar-refractivity contribution < 1.29 is 19.5 Å². The van der Waals surface area contributed by atoms with Crippen LogP contribution in [0.1, 0.15) is 19.3 Å². The Morgan fingerprint density at radius 1 is 1.17 bits per heavy atom. The molecular weight excluding hydrogens is 376 g/mol. The average molecular weight is 395 g/mol. The minimum atomic E-state index is -0.793. The van der Waals surface area contributed by atoms with E-state index in [1.54, 1.807) is 9.80 Å². The minimum absolute atomic E-state index is 0.0373. The Balaban J connectivity index is 1.63. The van der Waals surface area contributed by atoms with Crippen LogP contribution in [0, 0.1) is 11.8 Å². The van der Waals surface area contributed by atoms with Gasteiger partial charge in [-0.3, -0.25) is 14.4 Å². The van der Waals surface area contributed by atoms with Gasteiger partial charge in [-0.05, 0) is 31.0 Å². The van der Waals surface area contributed by atoms with Crippen molar-refractivity contribution in [1.29, 1.82) is 0 Å². The van der Waals surface area contributed by atoms with Gasteiger partial charge in [-0.25, -0.2) is 0 Å². The van der Waals surface area contributed by atoms with E-state index in [-0.39, 0.29) is 30.1 Å². The molecule has 3 rings (SSSR count). The number of likely N-dealkylation sites (tertiary alicyclic amines) is 1. The molecule has 6 nitrogen and oxygen atoms in total. The van der Waals surface area contributed by atoms with Gasteiger partial charge in [-0.1, -0.05) is 22.0 Å². The summed E-state index contributed by atoms with van der Waals surface area (Å²) in [4.78, 5) is 39.3. The molecule has 0 radical (unpaired) electrons. The third-order valence-electron chi connectivity index (χ3n) is 4.75. The van der Waals surface area contributed by atoms with Crippen LogP contribution in [0.15, 0.2) is 28.7 Å². The maximum Gasteiger partial charge on any atom is 0.306 e. The fourth-order valence-electron chi connectivity index (χ4n) is 3.37. The lowest BCUT2D eigenvalue weighted by atomic mass is 9.95. The summed E-state index contributed by atoms with van der Waals surface area (Å²) in [6.07, 6.45) is 1.18. The standard InChI is InChI=1S/C17H19BrN2O4/c18-13-2-1-3-14(9-13)20-10-12(8-15(20)21)16(22)19-6-4-11(5-7-19)17(23)24/h1-3,9,11-12H,4-8,10H2,(H,23,24)/t12-/m1/s1. The molecule has 0 aliphatic carbocycles. The Labute approximate surface area is 148 Å². The number of nitrogens with zero attached hydrogens (tertiary/aromatic N) is 2. The van der Waals surface area contributed by atoms with Crippen molar-refractivity contribution in [3.05, 3.63) is 28.7 Å². The fourth-order valence-corrected chi connectivity index (χ4v) is 3.76. The predicted octanol–water partition coefficient (Wildman–Crippen LogP) is 2.13. The third kappa shape index (κ3) is 3.45. The summed E-state index contributed by atoms with van der Waals surface area (Å²) in [5, 5.41) is 9.03. The number of hydrogen-bond donors (Lipinski definition) is 1. The Morgan fingerprint density at radius 3 is 2.50 bits per heavy atom. The number of carboxylic acid groups (broad SMARTS) is 1. The number of halogens is 1. The molecular formula is C17H19BrN2O4. The van der Waals surface area contributed by atoms with E-state index in [1.807, 2.05) is 24.3 Å². The molecule has 0 spiro atoms. The number of carbonyl (C=O) groups excluding carboxylic acids is 2. The zero-order valence-electron chi connectivity index (χ0n) is 13.2. The third-order valence-corrected chi connectivity index (χ3v) is 5.24. The van der Waals surface area contributed by atoms with Gasteiger partial charge in [0.1, 0.15) is 0 Å². The van der Waals surface area contributed by atoms with Gasteiger partial charge in [0, 0.05) is 36.2 Å². The highest BCUT2D eigenvalue weighted by molar-refractivity contribution is 9.10. The molecule has 0 aromatic heterocycles. The molecule has 2 saturated heterocycles. The van der Waals surface area contributed by atoms with Crippen LogP contribution in [0.25, 0.3) is 0 Å². The van der Waals surface area contributed by atoms with Crippen LogP contribution in [0.2, 0.25) is 0 Å². The fraction of sp³-hybridized carbons (Fsp3) is 0.471. The zero-order valence-corrected chi connectivity index (χ0v) is 14.7. The average Bonchev–Trinajstić information content (AvgIpc) is 2.96. The lowest BCUT2D eigenvalue weighted by Crippen LogP contribution is -2.43. The second kappa shape index (κ2) is 6.93. The molecule has 0 bridgehead atoms. The van der Waals surface area contributed by atoms with Gasteiger partial charge in [0.05, 0.1) is 11.8 Å². The number of amides is 2. The molecule has 0 unspecified atom stereocenters. The number of anilines is 1. The highest BCUT2D eigenvalue weighted by Crippen LogP contribution is 2.29. The van der Waals surface area contributed by atoms with E-state index in [1.165, 1.54) is 0 Å². The van der Waals surface area contributed by atoms with E-state index in [2.05, 4.69) is 15.9 Å². The summed E-state index contributed by atoms with van der Waals surface area (Å²) >= 11 is 3.39. The molecule has 1 aromatic carbocycles. The molecule has 1 aromatic rings. The molecule has 2 amide bonds. The van der Waals surface area contributed by atoms with Gasteiger partial charge < -0.3 is 14.9 Å². The quantitative estimate of drug-likeness (QED) is 0.851. The van der Waals surface area contributed by atoms with Crippen molar-refractivity contribution in [1.82, 2.24) is 4.90 Å². The molecule has 7 heteroatoms. The monoisotopic (exact) mass is 394 g/mol. The van der Waals surface area contributed by atoms with Crippen molar-refractivity contribution in [3.8, 4) is 0 Å².